The molecule has 2 aliphatic rings. The first kappa shape index (κ1) is 17.3. The molecular weight excluding hydrogens is 294 g/mol. The quantitative estimate of drug-likeness (QED) is 0.492. The van der Waals surface area contributed by atoms with Crippen molar-refractivity contribution >= 4 is 12.1 Å². The Morgan fingerprint density at radius 3 is 3.00 bits per heavy atom. The Balaban J connectivity index is 2.04. The summed E-state index contributed by atoms with van der Waals surface area (Å²) in [5, 5.41) is 2.62. The first-order valence-corrected chi connectivity index (χ1v) is 8.16. The summed E-state index contributed by atoms with van der Waals surface area (Å²) >= 11 is 0. The average Bonchev–Trinajstić information content (AvgIpc) is 2.76. The fourth-order valence-electron chi connectivity index (χ4n) is 2.92. The van der Waals surface area contributed by atoms with E-state index in [-0.39, 0.29) is 24.6 Å². The lowest BCUT2D eigenvalue weighted by molar-refractivity contribution is -0.137. The van der Waals surface area contributed by atoms with Crippen molar-refractivity contribution < 1.29 is 19.1 Å². The fourth-order valence-corrected chi connectivity index (χ4v) is 2.92. The number of ether oxygens (including phenoxy) is 2. The van der Waals surface area contributed by atoms with Crippen LogP contribution in [-0.2, 0) is 14.3 Å². The van der Waals surface area contributed by atoms with Gasteiger partial charge in [-0.25, -0.2) is 9.59 Å². The molecule has 0 aromatic rings. The lowest BCUT2D eigenvalue weighted by Crippen LogP contribution is -2.24. The van der Waals surface area contributed by atoms with Crippen LogP contribution in [0.2, 0.25) is 0 Å². The molecule has 0 unspecified atom stereocenters. The van der Waals surface area contributed by atoms with Crippen LogP contribution in [0.1, 0.15) is 39.5 Å². The zero-order valence-corrected chi connectivity index (χ0v) is 13.9. The first-order valence-electron chi connectivity index (χ1n) is 8.16. The molecule has 2 rings (SSSR count). The Morgan fingerprint density at radius 2 is 2.26 bits per heavy atom. The Morgan fingerprint density at radius 1 is 1.48 bits per heavy atom. The number of alkyl carbamates (subject to hydrolysis) is 1. The van der Waals surface area contributed by atoms with Gasteiger partial charge in [0.25, 0.3) is 0 Å². The van der Waals surface area contributed by atoms with Crippen molar-refractivity contribution in [1.82, 2.24) is 5.32 Å². The number of nitrogens with one attached hydrogen (secondary N) is 1. The van der Waals surface area contributed by atoms with E-state index in [0.717, 1.165) is 31.3 Å². The van der Waals surface area contributed by atoms with Crippen molar-refractivity contribution in [2.75, 3.05) is 13.2 Å². The predicted octanol–water partition coefficient (Wildman–Crippen LogP) is 3.28. The summed E-state index contributed by atoms with van der Waals surface area (Å²) in [6.07, 6.45) is 6.90. The van der Waals surface area contributed by atoms with Gasteiger partial charge in [0.05, 0.1) is 0 Å². The number of esters is 1. The number of carbonyl (C=O) groups excluding carboxylic acids is 2. The van der Waals surface area contributed by atoms with Crippen molar-refractivity contribution in [1.29, 1.82) is 0 Å². The lowest BCUT2D eigenvalue weighted by atomic mass is 9.88. The fraction of sp³-hybridized carbons (Fsp3) is 0.556. The van der Waals surface area contributed by atoms with Gasteiger partial charge < -0.3 is 14.8 Å². The molecule has 0 aromatic carbocycles. The Bertz CT molecular complexity index is 547. The molecule has 0 saturated carbocycles. The number of allylic oxidation sites excluding steroid dienone is 2. The molecule has 0 aromatic heterocycles. The van der Waals surface area contributed by atoms with Gasteiger partial charge in [0.15, 0.2) is 0 Å². The summed E-state index contributed by atoms with van der Waals surface area (Å²) in [6, 6.07) is 0. The van der Waals surface area contributed by atoms with E-state index in [1.165, 1.54) is 5.57 Å². The highest BCUT2D eigenvalue weighted by Crippen LogP contribution is 2.34. The van der Waals surface area contributed by atoms with E-state index in [1.54, 1.807) is 0 Å². The van der Waals surface area contributed by atoms with Crippen molar-refractivity contribution in [2.24, 2.45) is 5.92 Å². The second kappa shape index (κ2) is 7.99. The molecule has 1 aliphatic carbocycles. The minimum absolute atomic E-state index is 0.00317. The van der Waals surface area contributed by atoms with Gasteiger partial charge in [-0.1, -0.05) is 18.2 Å². The van der Waals surface area contributed by atoms with Crippen molar-refractivity contribution in [3.8, 4) is 0 Å². The maximum Gasteiger partial charge on any atom is 0.407 e. The van der Waals surface area contributed by atoms with Gasteiger partial charge in [0, 0.05) is 18.0 Å². The molecule has 23 heavy (non-hydrogen) atoms. The monoisotopic (exact) mass is 319 g/mol. The summed E-state index contributed by atoms with van der Waals surface area (Å²) < 4.78 is 10.6. The van der Waals surface area contributed by atoms with E-state index in [9.17, 15) is 9.59 Å². The van der Waals surface area contributed by atoms with Gasteiger partial charge in [-0.3, -0.25) is 0 Å². The summed E-state index contributed by atoms with van der Waals surface area (Å²) in [5.41, 5.74) is 2.82. The van der Waals surface area contributed by atoms with Gasteiger partial charge in [0.1, 0.15) is 12.7 Å². The molecular formula is C18H25NO4. The number of hydrogen-bond acceptors (Lipinski definition) is 4. The van der Waals surface area contributed by atoms with Crippen LogP contribution in [-0.4, -0.2) is 31.3 Å². The summed E-state index contributed by atoms with van der Waals surface area (Å²) in [4.78, 5) is 23.2. The Labute approximate surface area is 137 Å². The van der Waals surface area contributed by atoms with E-state index < -0.39 is 6.09 Å². The van der Waals surface area contributed by atoms with E-state index in [2.05, 4.69) is 18.0 Å². The molecule has 1 fully saturated rings. The third-order valence-electron chi connectivity index (χ3n) is 4.26. The van der Waals surface area contributed by atoms with Gasteiger partial charge in [0.2, 0.25) is 0 Å². The topological polar surface area (TPSA) is 64.6 Å². The molecule has 1 amide bonds. The molecule has 0 radical (unpaired) electrons. The van der Waals surface area contributed by atoms with E-state index >= 15 is 0 Å². The largest absolute Gasteiger partial charge is 0.454 e. The highest BCUT2D eigenvalue weighted by atomic mass is 16.6. The zero-order valence-electron chi connectivity index (χ0n) is 13.9. The molecule has 2 atom stereocenters. The summed E-state index contributed by atoms with van der Waals surface area (Å²) in [6.45, 7) is 8.60. The van der Waals surface area contributed by atoms with Crippen LogP contribution in [0, 0.1) is 5.92 Å². The molecule has 1 N–H and O–H groups in total. The van der Waals surface area contributed by atoms with Crippen LogP contribution >= 0.6 is 0 Å². The van der Waals surface area contributed by atoms with Crippen LogP contribution in [0.25, 0.3) is 0 Å². The summed E-state index contributed by atoms with van der Waals surface area (Å²) in [7, 11) is 0. The zero-order chi connectivity index (χ0) is 16.8. The number of hydrogen-bond donors (Lipinski definition) is 1. The minimum atomic E-state index is -0.400. The van der Waals surface area contributed by atoms with Crippen LogP contribution in [0.5, 0.6) is 0 Å². The number of carbonyl (C=O) groups is 2. The standard InChI is InChI=1S/C18H25NO4/c1-4-19-18(21)22-11-14-7-5-6-12(2)10-16-15(9-8-14)13(3)17(20)23-16/h7,10,15-16H,3-6,8-9,11H2,1-2H3,(H,19,21)/b12-10+,14-7+/t15-,16+/m0/s1. The van der Waals surface area contributed by atoms with Crippen LogP contribution in [0.15, 0.2) is 35.5 Å². The SMILES string of the molecule is C=C1C(=O)O[C@@H]2/C=C(\C)CC/C=C(/COC(=O)NCC)CC[C@@H]12. The summed E-state index contributed by atoms with van der Waals surface area (Å²) in [5.74, 6) is -0.296. The van der Waals surface area contributed by atoms with Gasteiger partial charge >= 0.3 is 12.1 Å². The van der Waals surface area contributed by atoms with Crippen molar-refractivity contribution in [3.63, 3.8) is 0 Å². The van der Waals surface area contributed by atoms with Gasteiger partial charge in [-0.05, 0) is 51.2 Å². The Hall–Kier alpha value is -2.04. The van der Waals surface area contributed by atoms with E-state index in [0.29, 0.717) is 12.1 Å². The molecule has 5 nitrogen and oxygen atoms in total. The van der Waals surface area contributed by atoms with Crippen LogP contribution in [0.4, 0.5) is 4.79 Å². The predicted molar refractivity (Wildman–Crippen MR) is 87.8 cm³/mol. The number of amides is 1. The number of fused-ring (bicyclic) bond motifs is 1. The smallest absolute Gasteiger partial charge is 0.407 e. The average molecular weight is 319 g/mol. The Kier molecular flexibility index (Phi) is 6.02. The number of rotatable bonds is 3. The molecule has 0 bridgehead atoms. The minimum Gasteiger partial charge on any atom is -0.454 e. The normalized spacial score (nSPS) is 29.5. The van der Waals surface area contributed by atoms with Crippen LogP contribution < -0.4 is 5.32 Å². The maximum atomic E-state index is 11.8. The third kappa shape index (κ3) is 4.71. The first-order chi connectivity index (χ1) is 11.0. The van der Waals surface area contributed by atoms with Crippen molar-refractivity contribution in [2.45, 2.75) is 45.6 Å². The van der Waals surface area contributed by atoms with Crippen LogP contribution in [0.3, 0.4) is 0 Å². The second-order valence-corrected chi connectivity index (χ2v) is 6.06. The molecule has 0 spiro atoms. The third-order valence-corrected chi connectivity index (χ3v) is 4.26. The second-order valence-electron chi connectivity index (χ2n) is 6.06. The van der Waals surface area contributed by atoms with Gasteiger partial charge in [-0.2, -0.15) is 0 Å². The molecule has 1 saturated heterocycles. The highest BCUT2D eigenvalue weighted by Gasteiger charge is 2.37. The molecule has 1 heterocycles. The molecule has 126 valence electrons. The maximum absolute atomic E-state index is 11.8. The van der Waals surface area contributed by atoms with E-state index in [4.69, 9.17) is 9.47 Å². The van der Waals surface area contributed by atoms with Crippen molar-refractivity contribution in [3.05, 3.63) is 35.5 Å². The molecule has 1 aliphatic heterocycles. The lowest BCUT2D eigenvalue weighted by Gasteiger charge is -2.18. The van der Waals surface area contributed by atoms with Gasteiger partial charge in [-0.15, -0.1) is 0 Å². The van der Waals surface area contributed by atoms with E-state index in [1.807, 2.05) is 19.9 Å². The molecule has 5 heteroatoms. The highest BCUT2D eigenvalue weighted by molar-refractivity contribution is 5.91.